The molecular formula is C14H18N4O3S. The normalized spacial score (nSPS) is 15.3. The molecule has 0 radical (unpaired) electrons. The van der Waals surface area contributed by atoms with Crippen molar-refractivity contribution in [1.29, 1.82) is 0 Å². The van der Waals surface area contributed by atoms with Gasteiger partial charge in [0.1, 0.15) is 10.7 Å². The highest BCUT2D eigenvalue weighted by Crippen LogP contribution is 2.16. The predicted octanol–water partition coefficient (Wildman–Crippen LogP) is 0.608. The second-order valence-corrected chi connectivity index (χ2v) is 5.01. The first kappa shape index (κ1) is 16.2. The number of hydrazone groups is 1. The number of hydrogen-bond acceptors (Lipinski definition) is 6. The molecule has 0 unspecified atom stereocenters. The van der Waals surface area contributed by atoms with E-state index in [9.17, 15) is 4.79 Å². The van der Waals surface area contributed by atoms with Crippen molar-refractivity contribution >= 4 is 34.5 Å². The molecule has 1 heterocycles. The molecule has 0 saturated carbocycles. The Morgan fingerprint density at radius 2 is 2.18 bits per heavy atom. The zero-order valence-electron chi connectivity index (χ0n) is 12.2. The summed E-state index contributed by atoms with van der Waals surface area (Å²) in [6.45, 7) is 2.00. The number of thiocarbonyl (C=S) groups is 1. The monoisotopic (exact) mass is 322 g/mol. The minimum absolute atomic E-state index is 0.0275. The Kier molecular flexibility index (Phi) is 5.68. The van der Waals surface area contributed by atoms with E-state index in [2.05, 4.69) is 10.5 Å². The summed E-state index contributed by atoms with van der Waals surface area (Å²) >= 11 is 4.93. The van der Waals surface area contributed by atoms with Crippen LogP contribution in [-0.4, -0.2) is 54.9 Å². The maximum absolute atomic E-state index is 12.4. The minimum Gasteiger partial charge on any atom is -0.497 e. The molecule has 1 saturated heterocycles. The SMILES string of the molecule is COc1cccc(NN=C(C(=O)N2CCOCC2)C(N)=S)c1. The highest BCUT2D eigenvalue weighted by Gasteiger charge is 2.23. The van der Waals surface area contributed by atoms with Gasteiger partial charge >= 0.3 is 0 Å². The van der Waals surface area contributed by atoms with Gasteiger partial charge in [0.2, 0.25) is 0 Å². The number of rotatable bonds is 5. The van der Waals surface area contributed by atoms with E-state index in [1.807, 2.05) is 6.07 Å². The molecule has 0 bridgehead atoms. The maximum Gasteiger partial charge on any atom is 0.277 e. The van der Waals surface area contributed by atoms with Crippen molar-refractivity contribution in [3.05, 3.63) is 24.3 Å². The van der Waals surface area contributed by atoms with Crippen LogP contribution in [-0.2, 0) is 9.53 Å². The Balaban J connectivity index is 2.12. The number of anilines is 1. The number of nitrogens with one attached hydrogen (secondary N) is 1. The molecule has 118 valence electrons. The Bertz CT molecular complexity index is 585. The molecule has 3 N–H and O–H groups in total. The fraction of sp³-hybridized carbons (Fsp3) is 0.357. The quantitative estimate of drug-likeness (QED) is 0.469. The van der Waals surface area contributed by atoms with Gasteiger partial charge in [-0.2, -0.15) is 5.10 Å². The lowest BCUT2D eigenvalue weighted by atomic mass is 10.3. The van der Waals surface area contributed by atoms with Gasteiger partial charge in [-0.15, -0.1) is 0 Å². The maximum atomic E-state index is 12.4. The summed E-state index contributed by atoms with van der Waals surface area (Å²) in [6.07, 6.45) is 0. The lowest BCUT2D eigenvalue weighted by molar-refractivity contribution is -0.127. The van der Waals surface area contributed by atoms with Crippen LogP contribution in [0.25, 0.3) is 0 Å². The number of benzene rings is 1. The van der Waals surface area contributed by atoms with E-state index in [1.165, 1.54) is 0 Å². The number of ether oxygens (including phenoxy) is 2. The molecule has 1 aliphatic heterocycles. The molecule has 8 heteroatoms. The second-order valence-electron chi connectivity index (χ2n) is 4.57. The van der Waals surface area contributed by atoms with Gasteiger partial charge in [0.15, 0.2) is 5.71 Å². The predicted molar refractivity (Wildman–Crippen MR) is 88.2 cm³/mol. The van der Waals surface area contributed by atoms with E-state index in [4.69, 9.17) is 27.4 Å². The van der Waals surface area contributed by atoms with Gasteiger partial charge in [-0.05, 0) is 12.1 Å². The molecular weight excluding hydrogens is 304 g/mol. The van der Waals surface area contributed by atoms with Crippen molar-refractivity contribution in [1.82, 2.24) is 4.90 Å². The third kappa shape index (κ3) is 4.15. The number of amides is 1. The summed E-state index contributed by atoms with van der Waals surface area (Å²) in [5.41, 5.74) is 9.10. The number of methoxy groups -OCH3 is 1. The largest absolute Gasteiger partial charge is 0.497 e. The molecule has 2 rings (SSSR count). The fourth-order valence-electron chi connectivity index (χ4n) is 1.94. The van der Waals surface area contributed by atoms with Gasteiger partial charge in [0.25, 0.3) is 5.91 Å². The molecule has 0 atom stereocenters. The number of carbonyl (C=O) groups is 1. The van der Waals surface area contributed by atoms with Gasteiger partial charge in [-0.25, -0.2) is 0 Å². The van der Waals surface area contributed by atoms with Crippen LogP contribution in [0.3, 0.4) is 0 Å². The van der Waals surface area contributed by atoms with Gasteiger partial charge in [-0.1, -0.05) is 18.3 Å². The highest BCUT2D eigenvalue weighted by atomic mass is 32.1. The van der Waals surface area contributed by atoms with E-state index >= 15 is 0 Å². The lowest BCUT2D eigenvalue weighted by Gasteiger charge is -2.26. The van der Waals surface area contributed by atoms with Gasteiger partial charge in [-0.3, -0.25) is 10.2 Å². The Morgan fingerprint density at radius 3 is 2.82 bits per heavy atom. The molecule has 0 spiro atoms. The number of nitrogens with two attached hydrogens (primary N) is 1. The topological polar surface area (TPSA) is 89.2 Å². The second kappa shape index (κ2) is 7.71. The molecule has 22 heavy (non-hydrogen) atoms. The Hall–Kier alpha value is -2.19. The molecule has 0 aliphatic carbocycles. The third-order valence-electron chi connectivity index (χ3n) is 3.10. The lowest BCUT2D eigenvalue weighted by Crippen LogP contribution is -2.47. The number of nitrogens with zero attached hydrogens (tertiary/aromatic N) is 2. The summed E-state index contributed by atoms with van der Waals surface area (Å²) in [6, 6.07) is 7.16. The van der Waals surface area contributed by atoms with E-state index in [-0.39, 0.29) is 16.6 Å². The van der Waals surface area contributed by atoms with Crippen molar-refractivity contribution < 1.29 is 14.3 Å². The smallest absolute Gasteiger partial charge is 0.277 e. The van der Waals surface area contributed by atoms with Crippen LogP contribution in [0.2, 0.25) is 0 Å². The average molecular weight is 322 g/mol. The summed E-state index contributed by atoms with van der Waals surface area (Å²) in [7, 11) is 1.57. The van der Waals surface area contributed by atoms with E-state index in [1.54, 1.807) is 30.2 Å². The van der Waals surface area contributed by atoms with Crippen molar-refractivity contribution in [2.75, 3.05) is 38.8 Å². The summed E-state index contributed by atoms with van der Waals surface area (Å²) in [4.78, 5) is 14.0. The minimum atomic E-state index is -0.300. The van der Waals surface area contributed by atoms with E-state index in [0.29, 0.717) is 37.7 Å². The van der Waals surface area contributed by atoms with Gasteiger partial charge < -0.3 is 20.1 Å². The summed E-state index contributed by atoms with van der Waals surface area (Å²) in [5.74, 6) is 0.378. The van der Waals surface area contributed by atoms with Crippen molar-refractivity contribution in [2.45, 2.75) is 0 Å². The zero-order chi connectivity index (χ0) is 15.9. The molecule has 1 aliphatic rings. The number of morpholine rings is 1. The van der Waals surface area contributed by atoms with Gasteiger partial charge in [0, 0.05) is 19.2 Å². The number of hydrogen-bond donors (Lipinski definition) is 2. The van der Waals surface area contributed by atoms with Crippen LogP contribution < -0.4 is 15.9 Å². The Labute approximate surface area is 134 Å². The van der Waals surface area contributed by atoms with Crippen LogP contribution in [0.5, 0.6) is 5.75 Å². The van der Waals surface area contributed by atoms with Crippen LogP contribution in [0.4, 0.5) is 5.69 Å². The van der Waals surface area contributed by atoms with Crippen LogP contribution in [0.15, 0.2) is 29.4 Å². The Morgan fingerprint density at radius 1 is 1.45 bits per heavy atom. The van der Waals surface area contributed by atoms with E-state index in [0.717, 1.165) is 0 Å². The van der Waals surface area contributed by atoms with Crippen LogP contribution in [0.1, 0.15) is 0 Å². The van der Waals surface area contributed by atoms with Crippen LogP contribution in [0, 0.1) is 0 Å². The first-order valence-corrected chi connectivity index (χ1v) is 7.17. The van der Waals surface area contributed by atoms with Crippen molar-refractivity contribution in [3.63, 3.8) is 0 Å². The molecule has 1 aromatic rings. The van der Waals surface area contributed by atoms with Crippen molar-refractivity contribution in [2.24, 2.45) is 10.8 Å². The standard InChI is InChI=1S/C14H18N4O3S/c1-20-11-4-2-3-10(9-11)16-17-12(13(15)22)14(19)18-5-7-21-8-6-18/h2-4,9,16H,5-8H2,1H3,(H2,15,22). The third-order valence-corrected chi connectivity index (χ3v) is 3.29. The molecule has 0 aromatic heterocycles. The zero-order valence-corrected chi connectivity index (χ0v) is 13.1. The summed E-state index contributed by atoms with van der Waals surface area (Å²) < 4.78 is 10.3. The molecule has 7 nitrogen and oxygen atoms in total. The highest BCUT2D eigenvalue weighted by molar-refractivity contribution is 7.82. The first-order valence-electron chi connectivity index (χ1n) is 6.76. The van der Waals surface area contributed by atoms with E-state index < -0.39 is 0 Å². The number of carbonyl (C=O) groups excluding carboxylic acids is 1. The molecule has 1 fully saturated rings. The molecule has 1 amide bonds. The van der Waals surface area contributed by atoms with Crippen LogP contribution >= 0.6 is 12.2 Å². The fourth-order valence-corrected chi connectivity index (χ4v) is 2.07. The average Bonchev–Trinajstić information content (AvgIpc) is 2.55. The van der Waals surface area contributed by atoms with Gasteiger partial charge in [0.05, 0.1) is 26.0 Å². The first-order chi connectivity index (χ1) is 10.6. The van der Waals surface area contributed by atoms with Crippen molar-refractivity contribution in [3.8, 4) is 5.75 Å². The molecule has 1 aromatic carbocycles. The summed E-state index contributed by atoms with van der Waals surface area (Å²) in [5, 5.41) is 4.06.